The number of H-pyrrole nitrogens is 2. The van der Waals surface area contributed by atoms with Crippen molar-refractivity contribution in [2.75, 3.05) is 0 Å². The van der Waals surface area contributed by atoms with E-state index in [4.69, 9.17) is 5.73 Å². The molecule has 0 fully saturated rings. The number of primary amides is 1. The van der Waals surface area contributed by atoms with Crippen LogP contribution in [0.3, 0.4) is 0 Å². The molecule has 0 bridgehead atoms. The highest BCUT2D eigenvalue weighted by Gasteiger charge is 2.28. The number of hydrogen-bond donors (Lipinski definition) is 4. The summed E-state index contributed by atoms with van der Waals surface area (Å²) in [6.07, 6.45) is 6.55. The number of nitrogens with one attached hydrogen (secondary N) is 3. The predicted octanol–water partition coefficient (Wildman–Crippen LogP) is 0.781. The minimum absolute atomic E-state index is 0.0880. The molecule has 10 nitrogen and oxygen atoms in total. The van der Waals surface area contributed by atoms with E-state index in [2.05, 4.69) is 25.3 Å². The summed E-state index contributed by atoms with van der Waals surface area (Å²) in [5.74, 6) is -1.51. The zero-order valence-electron chi connectivity index (χ0n) is 16.0. The van der Waals surface area contributed by atoms with Crippen molar-refractivity contribution in [2.24, 2.45) is 5.73 Å². The van der Waals surface area contributed by atoms with E-state index in [9.17, 15) is 14.4 Å². The first-order valence-corrected chi connectivity index (χ1v) is 9.19. The first kappa shape index (κ1) is 19.1. The summed E-state index contributed by atoms with van der Waals surface area (Å²) < 4.78 is 1.57. The molecule has 152 valence electrons. The fraction of sp³-hybridized carbons (Fsp3) is 0.150. The van der Waals surface area contributed by atoms with Crippen molar-refractivity contribution in [3.63, 3.8) is 0 Å². The van der Waals surface area contributed by atoms with E-state index in [0.717, 1.165) is 16.6 Å². The number of ketones is 1. The Labute approximate surface area is 170 Å². The number of nitrogens with zero attached hydrogens (tertiary/aromatic N) is 3. The molecule has 0 spiro atoms. The van der Waals surface area contributed by atoms with Crippen LogP contribution in [-0.2, 0) is 16.0 Å². The molecule has 0 aliphatic heterocycles. The molecule has 0 aromatic carbocycles. The van der Waals surface area contributed by atoms with Gasteiger partial charge in [0.25, 0.3) is 11.8 Å². The monoisotopic (exact) mass is 405 g/mol. The van der Waals surface area contributed by atoms with Gasteiger partial charge in [0.1, 0.15) is 23.4 Å². The van der Waals surface area contributed by atoms with Gasteiger partial charge in [0.2, 0.25) is 5.78 Å². The average molecular weight is 405 g/mol. The van der Waals surface area contributed by atoms with Crippen LogP contribution < -0.4 is 11.1 Å². The van der Waals surface area contributed by atoms with Crippen LogP contribution in [0, 0.1) is 6.92 Å². The van der Waals surface area contributed by atoms with Gasteiger partial charge in [-0.1, -0.05) is 6.07 Å². The van der Waals surface area contributed by atoms with Crippen LogP contribution in [0.5, 0.6) is 0 Å². The Bertz CT molecular complexity index is 1240. The molecule has 0 saturated heterocycles. The summed E-state index contributed by atoms with van der Waals surface area (Å²) in [5, 5.41) is 2.63. The number of aryl methyl sites for hydroxylation is 1. The van der Waals surface area contributed by atoms with Crippen molar-refractivity contribution in [3.05, 3.63) is 66.1 Å². The number of amides is 2. The van der Waals surface area contributed by atoms with Crippen molar-refractivity contribution in [3.8, 4) is 5.82 Å². The molecule has 4 aromatic rings. The molecule has 1 atom stereocenters. The van der Waals surface area contributed by atoms with E-state index in [-0.39, 0.29) is 12.1 Å². The zero-order valence-corrected chi connectivity index (χ0v) is 16.0. The van der Waals surface area contributed by atoms with Gasteiger partial charge in [-0.15, -0.1) is 0 Å². The van der Waals surface area contributed by atoms with Crippen molar-refractivity contribution in [1.29, 1.82) is 0 Å². The molecule has 0 aliphatic carbocycles. The molecule has 0 saturated carbocycles. The lowest BCUT2D eigenvalue weighted by molar-refractivity contribution is -0.137. The lowest BCUT2D eigenvalue weighted by atomic mass is 10.0. The molecule has 10 heteroatoms. The topological polar surface area (TPSA) is 152 Å². The predicted molar refractivity (Wildman–Crippen MR) is 108 cm³/mol. The summed E-state index contributed by atoms with van der Waals surface area (Å²) in [6, 6.07) is 5.99. The van der Waals surface area contributed by atoms with Gasteiger partial charge >= 0.3 is 0 Å². The number of rotatable bonds is 7. The maximum atomic E-state index is 13.0. The van der Waals surface area contributed by atoms with Gasteiger partial charge in [0.15, 0.2) is 0 Å². The van der Waals surface area contributed by atoms with Crippen LogP contribution in [0.25, 0.3) is 16.9 Å². The van der Waals surface area contributed by atoms with Crippen LogP contribution in [0.2, 0.25) is 0 Å². The summed E-state index contributed by atoms with van der Waals surface area (Å²) in [7, 11) is 0. The van der Waals surface area contributed by atoms with E-state index in [0.29, 0.717) is 11.6 Å². The number of hydrogen-bond acceptors (Lipinski definition) is 5. The lowest BCUT2D eigenvalue weighted by Gasteiger charge is -2.16. The minimum Gasteiger partial charge on any atom is -0.363 e. The molecule has 2 amide bonds. The number of fused-ring (bicyclic) bond motifs is 1. The lowest BCUT2D eigenvalue weighted by Crippen LogP contribution is -2.47. The number of Topliss-reactive ketones (excluding diaryl/α,β-unsaturated/α-hetero) is 1. The molecule has 4 aromatic heterocycles. The smallest absolute Gasteiger partial charge is 0.287 e. The Morgan fingerprint density at radius 2 is 2.03 bits per heavy atom. The quantitative estimate of drug-likeness (QED) is 0.335. The van der Waals surface area contributed by atoms with Gasteiger partial charge in [-0.2, -0.15) is 0 Å². The number of pyridine rings is 1. The van der Waals surface area contributed by atoms with Gasteiger partial charge in [-0.05, 0) is 30.7 Å². The SMILES string of the molecule is Cc1ncc(C(=O)NC(Cc2c[nH]c3cc[nH]c23)C(=O)C(N)=O)n1-c1ccccn1. The maximum absolute atomic E-state index is 13.0. The van der Waals surface area contributed by atoms with Gasteiger partial charge in [-0.3, -0.25) is 19.0 Å². The van der Waals surface area contributed by atoms with Crippen LogP contribution in [0.4, 0.5) is 0 Å². The van der Waals surface area contributed by atoms with E-state index in [1.165, 1.54) is 6.20 Å². The third kappa shape index (κ3) is 3.46. The standard InChI is InChI=1S/C20H19N7O3/c1-11-24-10-15(27(11)16-4-2-3-6-22-16)20(30)26-14(18(28)19(21)29)8-12-9-25-13-5-7-23-17(12)13/h2-7,9-10,14,23,25H,8H2,1H3,(H2,21,29)(H,26,30). The average Bonchev–Trinajstić information content (AvgIpc) is 3.44. The summed E-state index contributed by atoms with van der Waals surface area (Å²) in [6.45, 7) is 1.74. The Kier molecular flexibility index (Phi) is 4.88. The molecule has 30 heavy (non-hydrogen) atoms. The number of aromatic nitrogens is 5. The fourth-order valence-corrected chi connectivity index (χ4v) is 3.37. The van der Waals surface area contributed by atoms with E-state index >= 15 is 0 Å². The minimum atomic E-state index is -1.13. The van der Waals surface area contributed by atoms with Crippen LogP contribution in [0.1, 0.15) is 21.9 Å². The van der Waals surface area contributed by atoms with E-state index in [1.54, 1.807) is 48.3 Å². The largest absolute Gasteiger partial charge is 0.363 e. The highest BCUT2D eigenvalue weighted by atomic mass is 16.2. The van der Waals surface area contributed by atoms with E-state index in [1.807, 2.05) is 6.07 Å². The van der Waals surface area contributed by atoms with Crippen molar-refractivity contribution < 1.29 is 14.4 Å². The van der Waals surface area contributed by atoms with Crippen LogP contribution in [0.15, 0.2) is 49.1 Å². The molecule has 1 unspecified atom stereocenters. The number of carbonyl (C=O) groups is 3. The molecule has 5 N–H and O–H groups in total. The first-order valence-electron chi connectivity index (χ1n) is 9.19. The molecule has 0 radical (unpaired) electrons. The second-order valence-corrected chi connectivity index (χ2v) is 6.75. The summed E-state index contributed by atoms with van der Waals surface area (Å²) >= 11 is 0. The Morgan fingerprint density at radius 3 is 2.77 bits per heavy atom. The second kappa shape index (κ2) is 7.66. The Hall–Kier alpha value is -4.21. The molecule has 4 heterocycles. The van der Waals surface area contributed by atoms with Crippen LogP contribution >= 0.6 is 0 Å². The third-order valence-corrected chi connectivity index (χ3v) is 4.81. The van der Waals surface area contributed by atoms with Gasteiger partial charge < -0.3 is 21.0 Å². The summed E-state index contributed by atoms with van der Waals surface area (Å²) in [5.41, 5.74) is 7.79. The normalized spacial score (nSPS) is 12.0. The summed E-state index contributed by atoms with van der Waals surface area (Å²) in [4.78, 5) is 51.6. The number of imidazole rings is 1. The molecular weight excluding hydrogens is 386 g/mol. The zero-order chi connectivity index (χ0) is 21.3. The fourth-order valence-electron chi connectivity index (χ4n) is 3.37. The highest BCUT2D eigenvalue weighted by molar-refractivity contribution is 6.38. The number of carbonyl (C=O) groups excluding carboxylic acids is 3. The second-order valence-electron chi connectivity index (χ2n) is 6.75. The van der Waals surface area contributed by atoms with Crippen molar-refractivity contribution in [1.82, 2.24) is 29.8 Å². The molecular formula is C20H19N7O3. The van der Waals surface area contributed by atoms with E-state index < -0.39 is 23.6 Å². The highest BCUT2D eigenvalue weighted by Crippen LogP contribution is 2.18. The van der Waals surface area contributed by atoms with Gasteiger partial charge in [-0.25, -0.2) is 9.97 Å². The Morgan fingerprint density at radius 1 is 1.20 bits per heavy atom. The van der Waals surface area contributed by atoms with Gasteiger partial charge in [0, 0.05) is 25.0 Å². The number of aromatic amines is 2. The maximum Gasteiger partial charge on any atom is 0.287 e. The Balaban J connectivity index is 1.64. The molecule has 0 aliphatic rings. The molecule has 4 rings (SSSR count). The first-order chi connectivity index (χ1) is 14.5. The van der Waals surface area contributed by atoms with Crippen molar-refractivity contribution >= 4 is 28.6 Å². The third-order valence-electron chi connectivity index (χ3n) is 4.81. The number of nitrogens with two attached hydrogens (primary N) is 1. The van der Waals surface area contributed by atoms with Crippen LogP contribution in [-0.4, -0.2) is 48.1 Å². The van der Waals surface area contributed by atoms with Gasteiger partial charge in [0.05, 0.1) is 17.2 Å². The van der Waals surface area contributed by atoms with Crippen molar-refractivity contribution in [2.45, 2.75) is 19.4 Å².